The number of anilines is 9. The third kappa shape index (κ3) is 12.2. The molecule has 0 N–H and O–H groups in total. The number of para-hydroxylation sites is 8. The average molecular weight is 1920 g/mol. The molecule has 0 amide bonds. The maximum Gasteiger partial charge on any atom is 0.227 e. The van der Waals surface area contributed by atoms with E-state index in [-0.39, 0.29) is 0 Å². The molecule has 0 radical (unpaired) electrons. The molecule has 6 aliphatic heterocycles. The molecule has 606 valence electrons. The van der Waals surface area contributed by atoms with Crippen molar-refractivity contribution in [2.75, 3.05) is 14.7 Å². The average Bonchev–Trinajstić information content (AvgIpc) is 0.974. The minimum absolute atomic E-state index is 0.554. The lowest BCUT2D eigenvalue weighted by molar-refractivity contribution is 0.474. The molecule has 0 unspecified atom stereocenters. The minimum Gasteiger partial charge on any atom is -0.453 e. The highest BCUT2D eigenvalue weighted by Crippen LogP contribution is 2.66. The zero-order valence-corrected chi connectivity index (χ0v) is 74.1. The summed E-state index contributed by atoms with van der Waals surface area (Å²) in [4.78, 5) is 44.7. The molecule has 6 aromatic heterocycles. The Morgan fingerprint density at radius 3 is 1.01 bits per heavy atom. The minimum atomic E-state index is 0.554. The van der Waals surface area contributed by atoms with Crippen LogP contribution in [0.1, 0.15) is 0 Å². The second-order valence-electron chi connectivity index (χ2n) is 31.2. The van der Waals surface area contributed by atoms with Crippen molar-refractivity contribution in [1.82, 2.24) is 29.9 Å². The van der Waals surface area contributed by atoms with E-state index < -0.39 is 0 Å². The Kier molecular flexibility index (Phi) is 16.8. The molecule has 12 heterocycles. The number of rotatable bonds is 6. The van der Waals surface area contributed by atoms with Gasteiger partial charge in [-0.25, -0.2) is 29.9 Å². The van der Waals surface area contributed by atoms with Crippen molar-refractivity contribution in [3.63, 3.8) is 0 Å². The maximum absolute atomic E-state index is 6.63. The molecule has 0 bridgehead atoms. The fourth-order valence-electron chi connectivity index (χ4n) is 17.6. The lowest BCUT2D eigenvalue weighted by atomic mass is 10.1. The summed E-state index contributed by atoms with van der Waals surface area (Å²) in [7, 11) is 0. The van der Waals surface area contributed by atoms with E-state index in [1.54, 1.807) is 47.0 Å². The van der Waals surface area contributed by atoms with Crippen molar-refractivity contribution in [2.45, 2.75) is 39.2 Å². The predicted octanol–water partition coefficient (Wildman–Crippen LogP) is 33.0. The third-order valence-electron chi connectivity index (χ3n) is 23.4. The molecule has 24 heteroatoms. The molecule has 128 heavy (non-hydrogen) atoms. The molecule has 0 aliphatic carbocycles. The molecule has 6 aliphatic rings. The summed E-state index contributed by atoms with van der Waals surface area (Å²) < 4.78 is 53.7. The van der Waals surface area contributed by atoms with Gasteiger partial charge in [-0.1, -0.05) is 204 Å². The second kappa shape index (κ2) is 29.0. The first-order valence-corrected chi connectivity index (χ1v) is 46.5. The normalized spacial score (nSPS) is 13.2. The number of benzene rings is 17. The van der Waals surface area contributed by atoms with Crippen LogP contribution < -0.4 is 24.2 Å². The van der Waals surface area contributed by atoms with Crippen LogP contribution in [-0.4, -0.2) is 29.9 Å². The molecular formula is C104H52Br3N9O8S4. The molecule has 23 aromatic rings. The topological polar surface area (TPSA) is 184 Å². The molecule has 0 saturated carbocycles. The number of ether oxygens (including phenoxy) is 2. The van der Waals surface area contributed by atoms with Crippen LogP contribution in [-0.2, 0) is 0 Å². The number of hydrogen-bond donors (Lipinski definition) is 0. The lowest BCUT2D eigenvalue weighted by Crippen LogP contribution is -2.19. The van der Waals surface area contributed by atoms with Crippen LogP contribution in [0.2, 0.25) is 0 Å². The van der Waals surface area contributed by atoms with E-state index in [4.69, 9.17) is 65.9 Å². The zero-order valence-electron chi connectivity index (χ0n) is 66.1. The Labute approximate surface area is 767 Å². The molecule has 0 fully saturated rings. The Balaban J connectivity index is 0.0000000999. The van der Waals surface area contributed by atoms with E-state index in [0.29, 0.717) is 41.1 Å². The van der Waals surface area contributed by atoms with Crippen molar-refractivity contribution in [2.24, 2.45) is 0 Å². The van der Waals surface area contributed by atoms with E-state index in [2.05, 4.69) is 208 Å². The van der Waals surface area contributed by atoms with Gasteiger partial charge < -0.3 is 50.7 Å². The van der Waals surface area contributed by atoms with Crippen LogP contribution in [0.15, 0.2) is 395 Å². The van der Waals surface area contributed by atoms with Crippen LogP contribution in [0.4, 0.5) is 51.2 Å². The van der Waals surface area contributed by atoms with Gasteiger partial charge in [0.25, 0.3) is 0 Å². The van der Waals surface area contributed by atoms with Crippen LogP contribution >= 0.6 is 94.8 Å². The number of aromatic nitrogens is 6. The summed E-state index contributed by atoms with van der Waals surface area (Å²) in [5.41, 5.74) is 24.5. The van der Waals surface area contributed by atoms with Crippen molar-refractivity contribution >= 4 is 234 Å². The first-order chi connectivity index (χ1) is 63.0. The highest BCUT2D eigenvalue weighted by atomic mass is 79.9. The predicted molar refractivity (Wildman–Crippen MR) is 516 cm³/mol. The first kappa shape index (κ1) is 74.2. The van der Waals surface area contributed by atoms with E-state index in [0.717, 1.165) is 232 Å². The number of hydrogen-bond acceptors (Lipinski definition) is 21. The SMILES string of the molecule is Brc1ccc2c(c1)Sc1cc(-c3nc4ccc5ccccc5c4o3)cc3c1N2c1ccc(-c2nc4ccc5ccccc5c4o2)cc1S3.Brc1ccc2c(c1)Sc1cc(-c3nc4ccccc4o3)cc3c1N2c1cc(-c2nc4ccccc4o2)ccc1O3.Brc1ccc2c(c1)Sc1cc(-c3nc4ccccc4o3)cc3c1N2c1ccc(-c2nc4ccccc4o2)cc1O3. The van der Waals surface area contributed by atoms with Gasteiger partial charge in [0, 0.05) is 96.7 Å². The molecule has 0 saturated heterocycles. The smallest absolute Gasteiger partial charge is 0.227 e. The summed E-state index contributed by atoms with van der Waals surface area (Å²) in [5.74, 6) is 6.42. The fourth-order valence-corrected chi connectivity index (χ4v) is 23.9. The Morgan fingerprint density at radius 2 is 0.539 bits per heavy atom. The van der Waals surface area contributed by atoms with Crippen molar-refractivity contribution < 1.29 is 36.0 Å². The van der Waals surface area contributed by atoms with Gasteiger partial charge >= 0.3 is 0 Å². The second-order valence-corrected chi connectivity index (χ2v) is 38.3. The van der Waals surface area contributed by atoms with Gasteiger partial charge in [-0.05, 0) is 217 Å². The van der Waals surface area contributed by atoms with Crippen LogP contribution in [0.25, 0.3) is 157 Å². The molecule has 0 atom stereocenters. The summed E-state index contributed by atoms with van der Waals surface area (Å²) in [6, 6.07) is 107. The summed E-state index contributed by atoms with van der Waals surface area (Å²) in [5, 5.41) is 4.40. The lowest BCUT2D eigenvalue weighted by Gasteiger charge is -2.38. The quantitative estimate of drug-likeness (QED) is 0.153. The van der Waals surface area contributed by atoms with Gasteiger partial charge in [-0.3, -0.25) is 0 Å². The Hall–Kier alpha value is -14.1. The van der Waals surface area contributed by atoms with E-state index >= 15 is 0 Å². The number of oxazole rings is 6. The largest absolute Gasteiger partial charge is 0.453 e. The summed E-state index contributed by atoms with van der Waals surface area (Å²) >= 11 is 18.0. The van der Waals surface area contributed by atoms with Gasteiger partial charge in [-0.2, -0.15) is 0 Å². The Morgan fingerprint density at radius 1 is 0.219 bits per heavy atom. The van der Waals surface area contributed by atoms with E-state index in [1.807, 2.05) is 170 Å². The molecule has 17 nitrogen and oxygen atoms in total. The number of halogens is 3. The Bertz CT molecular complexity index is 8630. The van der Waals surface area contributed by atoms with Gasteiger partial charge in [0.2, 0.25) is 35.3 Å². The monoisotopic (exact) mass is 1920 g/mol. The highest BCUT2D eigenvalue weighted by Gasteiger charge is 2.40. The van der Waals surface area contributed by atoms with Gasteiger partial charge in [0.05, 0.1) is 39.8 Å². The van der Waals surface area contributed by atoms with Crippen molar-refractivity contribution in [3.8, 4) is 91.7 Å². The van der Waals surface area contributed by atoms with E-state index in [1.165, 1.54) is 10.6 Å². The van der Waals surface area contributed by atoms with E-state index in [9.17, 15) is 0 Å². The molecule has 29 rings (SSSR count). The maximum atomic E-state index is 6.63. The highest BCUT2D eigenvalue weighted by molar-refractivity contribution is 9.11. The molecule has 0 spiro atoms. The summed E-state index contributed by atoms with van der Waals surface area (Å²) in [6.07, 6.45) is 0. The van der Waals surface area contributed by atoms with Gasteiger partial charge in [0.1, 0.15) is 44.5 Å². The molecule has 17 aromatic carbocycles. The van der Waals surface area contributed by atoms with Crippen molar-refractivity contribution in [1.29, 1.82) is 0 Å². The van der Waals surface area contributed by atoms with Gasteiger partial charge in [0.15, 0.2) is 56.5 Å². The standard InChI is InChI=1S/C40H20BrN3O2S2.2C32H16BrN3O3S/c41-25-12-16-31-33(20-25)48-35-19-24(40-43-29-14-10-22-6-2-4-8-27(22)38(29)46-40)18-34-36(35)44(31)30-15-11-23(17-32(30)47-34)39-42-28-13-9-21-5-1-3-7-26(21)37(28)45-39;33-19-10-11-22-28(16-19)40-29-15-18(32-35-21-6-2-4-8-25(21)39-32)14-27-30(29)36(22)23-13-17(9-12-26(23)37-27)31-34-20-5-1-3-7-24(20)38-31;33-19-10-12-23-28(16-19)40-29-15-18(32-35-21-6-2-4-8-25(21)39-32)14-27-30(29)36(23)22-11-9-17(13-26(22)37-27)31-34-20-5-1-3-7-24(20)38-31/h1-20H;2*1-16H. The number of fused-ring (bicyclic) bond motifs is 22. The summed E-state index contributed by atoms with van der Waals surface area (Å²) in [6.45, 7) is 0. The van der Waals surface area contributed by atoms with Crippen LogP contribution in [0.5, 0.6) is 23.0 Å². The molecular weight excluding hydrogens is 1870 g/mol. The van der Waals surface area contributed by atoms with Crippen LogP contribution in [0, 0.1) is 0 Å². The first-order valence-electron chi connectivity index (χ1n) is 40.8. The van der Waals surface area contributed by atoms with Gasteiger partial charge in [-0.15, -0.1) is 0 Å². The van der Waals surface area contributed by atoms with Crippen LogP contribution in [0.3, 0.4) is 0 Å². The van der Waals surface area contributed by atoms with Crippen molar-refractivity contribution in [3.05, 3.63) is 329 Å². The fraction of sp³-hybridized carbons (Fsp3) is 0. The zero-order chi connectivity index (χ0) is 84.3. The number of nitrogens with zero attached hydrogens (tertiary/aromatic N) is 9. The third-order valence-corrected chi connectivity index (χ3v) is 29.2.